The van der Waals surface area contributed by atoms with Gasteiger partial charge in [-0.3, -0.25) is 4.68 Å². The van der Waals surface area contributed by atoms with E-state index in [1.807, 2.05) is 47.9 Å². The van der Waals surface area contributed by atoms with Crippen molar-refractivity contribution in [2.75, 3.05) is 31.5 Å². The zero-order valence-corrected chi connectivity index (χ0v) is 25.2. The minimum absolute atomic E-state index is 0.0144. The van der Waals surface area contributed by atoms with Gasteiger partial charge < -0.3 is 15.0 Å². The van der Waals surface area contributed by atoms with Crippen LogP contribution in [0.4, 0.5) is 10.7 Å². The molecule has 2 aromatic rings. The number of halogens is 1. The molecule has 39 heavy (non-hydrogen) atoms. The molecule has 0 radical (unpaired) electrons. The van der Waals surface area contributed by atoms with Crippen molar-refractivity contribution in [3.05, 3.63) is 23.6 Å². The zero-order valence-electron chi connectivity index (χ0n) is 23.6. The second-order valence-electron chi connectivity index (χ2n) is 11.5. The maximum Gasteiger partial charge on any atom is 0.410 e. The summed E-state index contributed by atoms with van der Waals surface area (Å²) >= 11 is 6.30. The molecular formula is C26H40ClN7O4S. The van der Waals surface area contributed by atoms with E-state index >= 15 is 0 Å². The van der Waals surface area contributed by atoms with Crippen LogP contribution in [-0.4, -0.2) is 86.5 Å². The monoisotopic (exact) mass is 581 g/mol. The van der Waals surface area contributed by atoms with Crippen molar-refractivity contribution >= 4 is 33.7 Å². The average molecular weight is 582 g/mol. The number of carbonyl (C=O) groups excluding carboxylic acids is 1. The lowest BCUT2D eigenvalue weighted by molar-refractivity contribution is -0.0185. The van der Waals surface area contributed by atoms with Crippen LogP contribution >= 0.6 is 11.6 Å². The van der Waals surface area contributed by atoms with Crippen LogP contribution in [0, 0.1) is 5.41 Å². The second-order valence-corrected chi connectivity index (χ2v) is 14.1. The number of aromatic nitrogens is 4. The largest absolute Gasteiger partial charge is 0.444 e. The average Bonchev–Trinajstić information content (AvgIpc) is 3.27. The van der Waals surface area contributed by atoms with E-state index in [2.05, 4.69) is 20.4 Å². The lowest BCUT2D eigenvalue weighted by Crippen LogP contribution is -2.67. The second kappa shape index (κ2) is 11.2. The van der Waals surface area contributed by atoms with Gasteiger partial charge >= 0.3 is 6.09 Å². The number of sulfonamides is 1. The van der Waals surface area contributed by atoms with Crippen LogP contribution in [0.5, 0.6) is 0 Å². The van der Waals surface area contributed by atoms with Crippen LogP contribution in [0.15, 0.2) is 18.6 Å². The molecule has 2 aromatic heterocycles. The van der Waals surface area contributed by atoms with E-state index < -0.39 is 20.9 Å². The molecule has 11 nitrogen and oxygen atoms in total. The van der Waals surface area contributed by atoms with Gasteiger partial charge in [0.25, 0.3) is 0 Å². The molecule has 2 aliphatic heterocycles. The first kappa shape index (κ1) is 29.5. The van der Waals surface area contributed by atoms with Gasteiger partial charge in [0.2, 0.25) is 16.0 Å². The van der Waals surface area contributed by atoms with E-state index in [0.29, 0.717) is 55.7 Å². The SMILES string of the molecule is CC.Cn1cc(-c2nc(NC3CC4(C3)CN(S(=O)(=O)C3CCN(C(=O)OC(C)(C)C)CC3)C4)ncc2Cl)cn1. The number of carbonyl (C=O) groups is 1. The Morgan fingerprint density at radius 3 is 2.36 bits per heavy atom. The highest BCUT2D eigenvalue weighted by molar-refractivity contribution is 7.89. The Balaban J connectivity index is 0.00000172. The Morgan fingerprint density at radius 2 is 1.79 bits per heavy atom. The zero-order chi connectivity index (χ0) is 28.6. The summed E-state index contributed by atoms with van der Waals surface area (Å²) < 4.78 is 35.2. The number of nitrogens with one attached hydrogen (secondary N) is 1. The van der Waals surface area contributed by atoms with Gasteiger partial charge in [0, 0.05) is 56.4 Å². The molecule has 0 atom stereocenters. The van der Waals surface area contributed by atoms with Crippen molar-refractivity contribution in [2.24, 2.45) is 12.5 Å². The summed E-state index contributed by atoms with van der Waals surface area (Å²) in [7, 11) is -1.55. The minimum atomic E-state index is -3.39. The van der Waals surface area contributed by atoms with Crippen LogP contribution in [0.25, 0.3) is 11.3 Å². The number of likely N-dealkylation sites (tertiary alicyclic amines) is 1. The van der Waals surface area contributed by atoms with E-state index in [4.69, 9.17) is 16.3 Å². The van der Waals surface area contributed by atoms with Crippen LogP contribution < -0.4 is 5.32 Å². The van der Waals surface area contributed by atoms with Crippen molar-refractivity contribution in [2.45, 2.75) is 77.2 Å². The summed E-state index contributed by atoms with van der Waals surface area (Å²) in [6, 6.07) is 0.185. The number of hydrogen-bond donors (Lipinski definition) is 1. The van der Waals surface area contributed by atoms with E-state index in [0.717, 1.165) is 18.4 Å². The first-order valence-electron chi connectivity index (χ1n) is 13.6. The molecule has 3 aliphatic rings. The Labute approximate surface area is 236 Å². The molecule has 1 spiro atoms. The maximum absolute atomic E-state index is 13.2. The summed E-state index contributed by atoms with van der Waals surface area (Å²) in [6.07, 6.45) is 7.36. The van der Waals surface area contributed by atoms with E-state index in [1.54, 1.807) is 26.3 Å². The van der Waals surface area contributed by atoms with Crippen LogP contribution in [0.3, 0.4) is 0 Å². The Hall–Kier alpha value is -2.44. The van der Waals surface area contributed by atoms with Gasteiger partial charge in [-0.05, 0) is 46.5 Å². The molecular weight excluding hydrogens is 542 g/mol. The molecule has 1 saturated carbocycles. The van der Waals surface area contributed by atoms with Crippen LogP contribution in [0.2, 0.25) is 5.02 Å². The van der Waals surface area contributed by atoms with Crippen molar-refractivity contribution in [1.82, 2.24) is 29.0 Å². The van der Waals surface area contributed by atoms with Gasteiger partial charge in [-0.2, -0.15) is 5.10 Å². The molecule has 2 saturated heterocycles. The lowest BCUT2D eigenvalue weighted by Gasteiger charge is -2.58. The fourth-order valence-electron chi connectivity index (χ4n) is 5.47. The molecule has 0 aromatic carbocycles. The normalized spacial score (nSPS) is 20.0. The smallest absolute Gasteiger partial charge is 0.410 e. The van der Waals surface area contributed by atoms with E-state index in [1.165, 1.54) is 0 Å². The molecule has 5 rings (SSSR count). The molecule has 0 bridgehead atoms. The Bertz CT molecular complexity index is 1270. The van der Waals surface area contributed by atoms with Gasteiger partial charge in [0.05, 0.1) is 28.4 Å². The Morgan fingerprint density at radius 1 is 1.15 bits per heavy atom. The van der Waals surface area contributed by atoms with Gasteiger partial charge in [0.15, 0.2) is 0 Å². The molecule has 0 unspecified atom stereocenters. The number of rotatable bonds is 5. The fraction of sp³-hybridized carbons (Fsp3) is 0.692. The summed E-state index contributed by atoms with van der Waals surface area (Å²) in [5, 5.41) is 7.55. The molecule has 13 heteroatoms. The van der Waals surface area contributed by atoms with Gasteiger partial charge in [-0.15, -0.1) is 0 Å². The number of amides is 1. The molecule has 1 N–H and O–H groups in total. The Kier molecular flexibility index (Phi) is 8.49. The predicted molar refractivity (Wildman–Crippen MR) is 151 cm³/mol. The van der Waals surface area contributed by atoms with Gasteiger partial charge in [-0.1, -0.05) is 25.4 Å². The molecule has 4 heterocycles. The number of piperidine rings is 1. The standard InChI is InChI=1S/C24H34ClN7O4S.C2H6/c1-23(2,3)36-22(33)31-7-5-18(6-8-31)37(34,35)32-14-24(15-32)9-17(10-24)28-21-26-12-19(25)20(29-21)16-11-27-30(4)13-16;1-2/h11-13,17-18H,5-10,14-15H2,1-4H3,(H,26,28,29);1-2H3. The first-order chi connectivity index (χ1) is 18.3. The third-order valence-electron chi connectivity index (χ3n) is 7.31. The van der Waals surface area contributed by atoms with Gasteiger partial charge in [0.1, 0.15) is 5.60 Å². The topological polar surface area (TPSA) is 123 Å². The molecule has 1 amide bonds. The summed E-state index contributed by atoms with van der Waals surface area (Å²) in [4.78, 5) is 22.8. The summed E-state index contributed by atoms with van der Waals surface area (Å²) in [5.41, 5.74) is 0.892. The summed E-state index contributed by atoms with van der Waals surface area (Å²) in [5.74, 6) is 0.503. The third kappa shape index (κ3) is 6.49. The van der Waals surface area contributed by atoms with Crippen molar-refractivity contribution < 1.29 is 17.9 Å². The lowest BCUT2D eigenvalue weighted by atomic mass is 9.61. The molecule has 3 fully saturated rings. The highest BCUT2D eigenvalue weighted by atomic mass is 35.5. The number of hydrogen-bond acceptors (Lipinski definition) is 8. The highest BCUT2D eigenvalue weighted by Gasteiger charge is 2.56. The maximum atomic E-state index is 13.2. The predicted octanol–water partition coefficient (Wildman–Crippen LogP) is 4.16. The quantitative estimate of drug-likeness (QED) is 0.558. The highest BCUT2D eigenvalue weighted by Crippen LogP contribution is 2.50. The fourth-order valence-corrected chi connectivity index (χ4v) is 7.80. The van der Waals surface area contributed by atoms with Crippen molar-refractivity contribution in [3.8, 4) is 11.3 Å². The van der Waals surface area contributed by atoms with E-state index in [9.17, 15) is 13.2 Å². The number of aryl methyl sites for hydroxylation is 1. The van der Waals surface area contributed by atoms with Gasteiger partial charge in [-0.25, -0.2) is 27.5 Å². The van der Waals surface area contributed by atoms with Crippen LogP contribution in [0.1, 0.15) is 60.3 Å². The molecule has 216 valence electrons. The van der Waals surface area contributed by atoms with Crippen molar-refractivity contribution in [3.63, 3.8) is 0 Å². The van der Waals surface area contributed by atoms with Crippen molar-refractivity contribution in [1.29, 1.82) is 0 Å². The number of nitrogens with zero attached hydrogens (tertiary/aromatic N) is 6. The number of ether oxygens (including phenoxy) is 1. The number of anilines is 1. The van der Waals surface area contributed by atoms with Crippen LogP contribution in [-0.2, 0) is 21.8 Å². The summed E-state index contributed by atoms with van der Waals surface area (Å²) in [6.45, 7) is 11.3. The third-order valence-corrected chi connectivity index (χ3v) is 9.88. The molecule has 1 aliphatic carbocycles. The minimum Gasteiger partial charge on any atom is -0.444 e. The first-order valence-corrected chi connectivity index (χ1v) is 15.5. The van der Waals surface area contributed by atoms with E-state index in [-0.39, 0.29) is 17.6 Å².